The molecule has 0 saturated heterocycles. The molecule has 0 spiro atoms. The van der Waals surface area contributed by atoms with Crippen molar-refractivity contribution in [3.05, 3.63) is 11.0 Å². The molecule has 54 valence electrons. The summed E-state index contributed by atoms with van der Waals surface area (Å²) in [5.74, 6) is 11.9. The SMILES string of the molecule is CN[N+]([NH-])(N)[NH+](C)[O-].[U]. The van der Waals surface area contributed by atoms with E-state index >= 15 is 0 Å². The van der Waals surface area contributed by atoms with Gasteiger partial charge in [-0.05, 0) is 0 Å². The summed E-state index contributed by atoms with van der Waals surface area (Å²) in [6, 6.07) is 0. The van der Waals surface area contributed by atoms with Gasteiger partial charge in [-0.3, -0.25) is 0 Å². The van der Waals surface area contributed by atoms with Gasteiger partial charge in [0.15, 0.2) is 0 Å². The van der Waals surface area contributed by atoms with Crippen molar-refractivity contribution in [1.82, 2.24) is 5.43 Å². The van der Waals surface area contributed by atoms with Crippen molar-refractivity contribution >= 4 is 0 Å². The second kappa shape index (κ2) is 4.60. The van der Waals surface area contributed by atoms with Crippen molar-refractivity contribution in [2.75, 3.05) is 14.1 Å². The minimum atomic E-state index is -1.01. The number of nitrogens with zero attached hydrogens (tertiary/aromatic N) is 1. The van der Waals surface area contributed by atoms with Crippen molar-refractivity contribution in [2.45, 2.75) is 0 Å². The molecule has 2 unspecified atom stereocenters. The molecular weight excluding hydrogens is 348 g/mol. The molecule has 0 saturated carbocycles. The molecule has 0 rings (SSSR count). The summed E-state index contributed by atoms with van der Waals surface area (Å²) < 4.78 is 0. The number of nitrogens with two attached hydrogens (primary N) is 1. The molecule has 0 aliphatic carbocycles. The zero-order valence-corrected chi connectivity index (χ0v) is 9.60. The van der Waals surface area contributed by atoms with E-state index in [1.807, 2.05) is 0 Å². The molecule has 7 heteroatoms. The van der Waals surface area contributed by atoms with E-state index in [0.29, 0.717) is 0 Å². The van der Waals surface area contributed by atoms with Gasteiger partial charge in [-0.25, -0.2) is 0 Å². The van der Waals surface area contributed by atoms with E-state index in [0.717, 1.165) is 0 Å². The minimum absolute atomic E-state index is 0. The summed E-state index contributed by atoms with van der Waals surface area (Å²) >= 11 is 0. The molecule has 0 aromatic carbocycles. The molecule has 0 aromatic heterocycles. The zero-order valence-electron chi connectivity index (χ0n) is 5.43. The van der Waals surface area contributed by atoms with Crippen LogP contribution in [0.2, 0.25) is 0 Å². The second-order valence-corrected chi connectivity index (χ2v) is 1.47. The van der Waals surface area contributed by atoms with Crippen LogP contribution in [-0.2, 0) is 0 Å². The van der Waals surface area contributed by atoms with Gasteiger partial charge in [0.05, 0.1) is 0 Å². The van der Waals surface area contributed by atoms with Crippen LogP contribution in [0.15, 0.2) is 0 Å². The Bertz CT molecular complexity index is 75.4. The van der Waals surface area contributed by atoms with Crippen molar-refractivity contribution in [2.24, 2.45) is 5.84 Å². The summed E-state index contributed by atoms with van der Waals surface area (Å²) in [6.07, 6.45) is 0. The minimum Gasteiger partial charge on any atom is -0.581 e. The van der Waals surface area contributed by atoms with E-state index in [2.05, 4.69) is 5.43 Å². The number of nitrogens with one attached hydrogen (secondary N) is 3. The number of quaternary nitrogens is 2. The number of hydroxylamine groups is 1. The Hall–Kier alpha value is 0.812. The Labute approximate surface area is 77.6 Å². The van der Waals surface area contributed by atoms with Crippen LogP contribution in [-0.4, -0.2) is 19.0 Å². The Balaban J connectivity index is 0. The van der Waals surface area contributed by atoms with Crippen molar-refractivity contribution in [3.8, 4) is 0 Å². The summed E-state index contributed by atoms with van der Waals surface area (Å²) in [5.41, 5.74) is 2.27. The third-order valence-electron chi connectivity index (χ3n) is 0.849. The first-order chi connectivity index (χ1) is 3.50. The van der Waals surface area contributed by atoms with Gasteiger partial charge >= 0.3 is 0 Å². The summed E-state index contributed by atoms with van der Waals surface area (Å²) in [5, 5.41) is 9.84. The van der Waals surface area contributed by atoms with Crippen molar-refractivity contribution < 1.29 is 41.2 Å². The summed E-state index contributed by atoms with van der Waals surface area (Å²) in [4.78, 5) is -1.01. The van der Waals surface area contributed by atoms with Crippen LogP contribution in [0.4, 0.5) is 0 Å². The summed E-state index contributed by atoms with van der Waals surface area (Å²) in [7, 11) is 2.68. The molecule has 0 aliphatic heterocycles. The predicted octanol–water partition coefficient (Wildman–Crippen LogP) is -2.29. The standard InChI is InChI=1S/C2H11N5O.U/c1-5-7(3,4)6(2)8;/h6H,1-2H3,(H4,3,4,5);. The van der Waals surface area contributed by atoms with Gasteiger partial charge in [0.1, 0.15) is 7.05 Å². The molecule has 0 heterocycles. The van der Waals surface area contributed by atoms with Gasteiger partial charge in [-0.1, -0.05) is 4.92 Å². The number of hydrogen-bond donors (Lipinski definition) is 3. The molecule has 0 aromatic rings. The topological polar surface area (TPSA) is 89.3 Å². The molecule has 2 atom stereocenters. The van der Waals surface area contributed by atoms with E-state index in [1.54, 1.807) is 0 Å². The number of rotatable bonds is 2. The van der Waals surface area contributed by atoms with Crippen LogP contribution in [0.3, 0.4) is 0 Å². The van der Waals surface area contributed by atoms with E-state index in [-0.39, 0.29) is 31.1 Å². The van der Waals surface area contributed by atoms with Gasteiger partial charge < -0.3 is 11.0 Å². The maximum Gasteiger partial charge on any atom is 0.113 e. The fraction of sp³-hybridized carbons (Fsp3) is 1.00. The number of hydrogen-bond acceptors (Lipinski definition) is 3. The quantitative estimate of drug-likeness (QED) is 0.295. The van der Waals surface area contributed by atoms with E-state index in [4.69, 9.17) is 11.7 Å². The maximum absolute atomic E-state index is 10.3. The Morgan fingerprint density at radius 2 is 2.11 bits per heavy atom. The molecular formula is C2H11N5OU. The van der Waals surface area contributed by atoms with Gasteiger partial charge in [0.2, 0.25) is 0 Å². The normalized spacial score (nSPS) is 19.7. The summed E-state index contributed by atoms with van der Waals surface area (Å²) in [6.45, 7) is 0. The Kier molecular flexibility index (Phi) is 6.38. The Morgan fingerprint density at radius 1 is 1.78 bits per heavy atom. The molecule has 5 N–H and O–H groups in total. The van der Waals surface area contributed by atoms with Crippen LogP contribution in [0.25, 0.3) is 5.84 Å². The monoisotopic (exact) mass is 359 g/mol. The molecule has 0 radical (unpaired) electrons. The third kappa shape index (κ3) is 4.25. The molecule has 6 nitrogen and oxygen atoms in total. The molecule has 0 amide bonds. The van der Waals surface area contributed by atoms with Gasteiger partial charge in [-0.2, -0.15) is 5.17 Å². The van der Waals surface area contributed by atoms with Gasteiger partial charge in [0.25, 0.3) is 0 Å². The molecule has 0 fully saturated rings. The first-order valence-electron chi connectivity index (χ1n) is 2.13. The van der Waals surface area contributed by atoms with Crippen LogP contribution < -0.4 is 16.4 Å². The first-order valence-corrected chi connectivity index (χ1v) is 2.13. The van der Waals surface area contributed by atoms with Crippen LogP contribution in [0.5, 0.6) is 0 Å². The maximum atomic E-state index is 10.3. The predicted molar refractivity (Wildman–Crippen MR) is 28.1 cm³/mol. The van der Waals surface area contributed by atoms with Crippen LogP contribution >= 0.6 is 0 Å². The van der Waals surface area contributed by atoms with Crippen molar-refractivity contribution in [1.29, 1.82) is 0 Å². The van der Waals surface area contributed by atoms with E-state index in [1.165, 1.54) is 14.1 Å². The average Bonchev–Trinajstić information content (AvgIpc) is 1.67. The van der Waals surface area contributed by atoms with E-state index < -0.39 is 10.1 Å². The molecule has 0 bridgehead atoms. The average molecular weight is 359 g/mol. The van der Waals surface area contributed by atoms with Gasteiger partial charge in [-0.15, -0.1) is 11.3 Å². The Morgan fingerprint density at radius 3 is 2.11 bits per heavy atom. The van der Waals surface area contributed by atoms with Crippen molar-refractivity contribution in [3.63, 3.8) is 0 Å². The van der Waals surface area contributed by atoms with Crippen LogP contribution in [0.1, 0.15) is 0 Å². The fourth-order valence-electron chi connectivity index (χ4n) is 0.157. The fourth-order valence-corrected chi connectivity index (χ4v) is 0.157. The largest absolute Gasteiger partial charge is 0.581 e. The van der Waals surface area contributed by atoms with E-state index in [9.17, 15) is 5.21 Å². The van der Waals surface area contributed by atoms with Gasteiger partial charge in [0, 0.05) is 38.2 Å². The third-order valence-corrected chi connectivity index (χ3v) is 0.849. The first kappa shape index (κ1) is 12.5. The smallest absolute Gasteiger partial charge is 0.113 e. The molecule has 0 aliphatic rings. The van der Waals surface area contributed by atoms with Crippen LogP contribution in [0, 0.1) is 36.3 Å². The second-order valence-electron chi connectivity index (χ2n) is 1.47. The zero-order chi connectivity index (χ0) is 6.78. The molecule has 9 heavy (non-hydrogen) atoms.